The molecule has 4 rings (SSSR count). The Morgan fingerprint density at radius 1 is 0.809 bits per heavy atom. The highest BCUT2D eigenvalue weighted by molar-refractivity contribution is 6.00. The number of methoxy groups -OCH3 is 2. The van der Waals surface area contributed by atoms with E-state index < -0.39 is 24.1 Å². The van der Waals surface area contributed by atoms with Crippen LogP contribution in [-0.4, -0.2) is 99.2 Å². The van der Waals surface area contributed by atoms with E-state index in [0.717, 1.165) is 16.7 Å². The molecule has 1 aromatic heterocycles. The number of unbranched alkanes of at least 4 members (excludes halogenated alkanes) is 1. The van der Waals surface area contributed by atoms with Crippen LogP contribution >= 0.6 is 0 Å². The molecule has 1 atom stereocenters. The molecule has 0 radical (unpaired) electrons. The van der Waals surface area contributed by atoms with E-state index in [0.29, 0.717) is 49.6 Å². The zero-order valence-corrected chi connectivity index (χ0v) is 26.6. The first kappa shape index (κ1) is 34.8. The van der Waals surface area contributed by atoms with Crippen molar-refractivity contribution in [1.29, 1.82) is 0 Å². The molecule has 0 bridgehead atoms. The van der Waals surface area contributed by atoms with Crippen molar-refractivity contribution in [3.63, 3.8) is 0 Å². The summed E-state index contributed by atoms with van der Waals surface area (Å²) in [5.41, 5.74) is 4.58. The van der Waals surface area contributed by atoms with Gasteiger partial charge < -0.3 is 39.8 Å². The molecule has 0 spiro atoms. The highest BCUT2D eigenvalue weighted by atomic mass is 16.6. The van der Waals surface area contributed by atoms with Crippen molar-refractivity contribution in [1.82, 2.24) is 31.4 Å². The third-order valence-corrected chi connectivity index (χ3v) is 7.38. The Hall–Kier alpha value is -5.02. The highest BCUT2D eigenvalue weighted by Crippen LogP contribution is 2.39. The average Bonchev–Trinajstić information content (AvgIpc) is 3.55. The number of aromatic nitrogens is 3. The largest absolute Gasteiger partial charge is 0.447 e. The molecular weight excluding hydrogens is 610 g/mol. The van der Waals surface area contributed by atoms with Crippen LogP contribution in [0.3, 0.4) is 0 Å². The molecular formula is C32H41N7O8. The van der Waals surface area contributed by atoms with Crippen molar-refractivity contribution in [3.05, 3.63) is 54.1 Å². The maximum Gasteiger partial charge on any atom is 0.407 e. The lowest BCUT2D eigenvalue weighted by atomic mass is 9.96. The maximum atomic E-state index is 13.7. The van der Waals surface area contributed by atoms with Gasteiger partial charge in [-0.15, -0.1) is 0 Å². The third kappa shape index (κ3) is 9.98. The lowest BCUT2D eigenvalue weighted by Gasteiger charge is -2.28. The van der Waals surface area contributed by atoms with Gasteiger partial charge >= 0.3 is 12.2 Å². The predicted octanol–water partition coefficient (Wildman–Crippen LogP) is 2.78. The number of carbonyl (C=O) groups excluding carboxylic acids is 4. The van der Waals surface area contributed by atoms with E-state index in [9.17, 15) is 19.2 Å². The number of aromatic amines is 1. The SMILES string of the molecule is COCCOC(=O)NCCCCC(NC(=O)OCCOC)C(=O)NCCC(=O)N1Cc2ccccc2-c2n[nH]nc2-c2ccccc21. The van der Waals surface area contributed by atoms with Gasteiger partial charge in [0.1, 0.15) is 30.6 Å². The van der Waals surface area contributed by atoms with Crippen molar-refractivity contribution >= 4 is 29.7 Å². The Morgan fingerprint density at radius 3 is 2.21 bits per heavy atom. The van der Waals surface area contributed by atoms with E-state index in [4.69, 9.17) is 18.9 Å². The predicted molar refractivity (Wildman–Crippen MR) is 171 cm³/mol. The number of fused-ring (bicyclic) bond motifs is 5. The monoisotopic (exact) mass is 651 g/mol. The normalized spacial score (nSPS) is 12.3. The van der Waals surface area contributed by atoms with Crippen LogP contribution in [0.2, 0.25) is 0 Å². The van der Waals surface area contributed by atoms with Gasteiger partial charge in [0.05, 0.1) is 25.4 Å². The van der Waals surface area contributed by atoms with Gasteiger partial charge in [-0.25, -0.2) is 9.59 Å². The lowest BCUT2D eigenvalue weighted by molar-refractivity contribution is -0.123. The molecule has 1 aliphatic heterocycles. The summed E-state index contributed by atoms with van der Waals surface area (Å²) in [7, 11) is 2.99. The summed E-state index contributed by atoms with van der Waals surface area (Å²) in [5, 5.41) is 19.5. The number of rotatable bonds is 16. The Bertz CT molecular complexity index is 1500. The van der Waals surface area contributed by atoms with E-state index in [1.54, 1.807) is 4.90 Å². The maximum absolute atomic E-state index is 13.7. The quantitative estimate of drug-likeness (QED) is 0.168. The van der Waals surface area contributed by atoms with Gasteiger partial charge in [-0.3, -0.25) is 9.59 Å². The number of nitrogens with zero attached hydrogens (tertiary/aromatic N) is 3. The summed E-state index contributed by atoms with van der Waals surface area (Å²) >= 11 is 0. The number of benzene rings is 2. The summed E-state index contributed by atoms with van der Waals surface area (Å²) < 4.78 is 19.8. The van der Waals surface area contributed by atoms with Crippen LogP contribution in [0.25, 0.3) is 22.5 Å². The fourth-order valence-electron chi connectivity index (χ4n) is 5.04. The molecule has 0 aliphatic carbocycles. The first-order valence-corrected chi connectivity index (χ1v) is 15.4. The number of para-hydroxylation sites is 1. The molecule has 2 heterocycles. The number of ether oxygens (including phenoxy) is 4. The third-order valence-electron chi connectivity index (χ3n) is 7.38. The fraction of sp³-hybridized carbons (Fsp3) is 0.438. The first-order chi connectivity index (χ1) is 22.9. The zero-order valence-electron chi connectivity index (χ0n) is 26.6. The van der Waals surface area contributed by atoms with Gasteiger partial charge in [0.15, 0.2) is 0 Å². The molecule has 252 valence electrons. The standard InChI is InChI=1S/C32H41N7O8/c1-44-17-19-46-31(42)34-15-8-7-12-25(35-32(43)47-20-18-45-2)30(41)33-16-14-27(40)39-21-22-9-3-4-10-23(22)28-29(37-38-36-28)24-11-5-6-13-26(24)39/h3-6,9-11,13,25H,7-8,12,14-21H2,1-2H3,(H,33,41)(H,34,42)(H,35,43)(H,36,37,38). The number of amides is 4. The van der Waals surface area contributed by atoms with Crippen molar-refractivity contribution < 1.29 is 38.1 Å². The van der Waals surface area contributed by atoms with Crippen LogP contribution in [0, 0.1) is 0 Å². The second-order valence-electron chi connectivity index (χ2n) is 10.6. The zero-order chi connectivity index (χ0) is 33.4. The Kier molecular flexibility index (Phi) is 13.5. The van der Waals surface area contributed by atoms with Gasteiger partial charge in [0.25, 0.3) is 0 Å². The van der Waals surface area contributed by atoms with Crippen LogP contribution in [0.5, 0.6) is 0 Å². The molecule has 15 heteroatoms. The fourth-order valence-corrected chi connectivity index (χ4v) is 5.04. The Morgan fingerprint density at radius 2 is 1.47 bits per heavy atom. The van der Waals surface area contributed by atoms with Crippen LogP contribution in [-0.2, 0) is 35.1 Å². The number of alkyl carbamates (subject to hydrolysis) is 2. The van der Waals surface area contributed by atoms with Gasteiger partial charge in [-0.2, -0.15) is 15.4 Å². The second kappa shape index (κ2) is 18.2. The van der Waals surface area contributed by atoms with Crippen molar-refractivity contribution in [3.8, 4) is 22.5 Å². The highest BCUT2D eigenvalue weighted by Gasteiger charge is 2.28. The van der Waals surface area contributed by atoms with E-state index in [-0.39, 0.29) is 45.1 Å². The minimum Gasteiger partial charge on any atom is -0.447 e. The molecule has 47 heavy (non-hydrogen) atoms. The van der Waals surface area contributed by atoms with E-state index >= 15 is 0 Å². The van der Waals surface area contributed by atoms with Crippen LogP contribution in [0.15, 0.2) is 48.5 Å². The summed E-state index contributed by atoms with van der Waals surface area (Å²) in [6, 6.07) is 14.3. The van der Waals surface area contributed by atoms with Gasteiger partial charge in [0, 0.05) is 44.9 Å². The number of anilines is 1. The number of hydrogen-bond acceptors (Lipinski definition) is 10. The molecule has 2 aromatic carbocycles. The Labute approximate surface area is 272 Å². The summed E-state index contributed by atoms with van der Waals surface area (Å²) in [6.07, 6.45) is -0.00811. The van der Waals surface area contributed by atoms with Crippen molar-refractivity contribution in [2.75, 3.05) is 58.6 Å². The average molecular weight is 652 g/mol. The number of nitrogens with one attached hydrogen (secondary N) is 4. The molecule has 3 aromatic rings. The van der Waals surface area contributed by atoms with Crippen LogP contribution in [0.1, 0.15) is 31.2 Å². The minimum absolute atomic E-state index is 0.00796. The van der Waals surface area contributed by atoms with E-state index in [2.05, 4.69) is 31.4 Å². The number of H-pyrrole nitrogens is 1. The number of hydrogen-bond donors (Lipinski definition) is 4. The van der Waals surface area contributed by atoms with Crippen LogP contribution < -0.4 is 20.9 Å². The van der Waals surface area contributed by atoms with Gasteiger partial charge in [-0.05, 0) is 30.9 Å². The summed E-state index contributed by atoms with van der Waals surface area (Å²) in [5.74, 6) is -0.662. The first-order valence-electron chi connectivity index (χ1n) is 15.4. The van der Waals surface area contributed by atoms with Crippen molar-refractivity contribution in [2.24, 2.45) is 0 Å². The second-order valence-corrected chi connectivity index (χ2v) is 10.6. The topological polar surface area (TPSA) is 186 Å². The number of carbonyl (C=O) groups is 4. The minimum atomic E-state index is -0.923. The smallest absolute Gasteiger partial charge is 0.407 e. The van der Waals surface area contributed by atoms with E-state index in [1.807, 2.05) is 48.5 Å². The molecule has 15 nitrogen and oxygen atoms in total. The Balaban J connectivity index is 1.36. The summed E-state index contributed by atoms with van der Waals surface area (Å²) in [6.45, 7) is 1.34. The molecule has 0 saturated carbocycles. The van der Waals surface area contributed by atoms with E-state index in [1.165, 1.54) is 14.2 Å². The molecule has 4 N–H and O–H groups in total. The van der Waals surface area contributed by atoms with Gasteiger partial charge in [-0.1, -0.05) is 42.5 Å². The molecule has 4 amide bonds. The van der Waals surface area contributed by atoms with Crippen LogP contribution in [0.4, 0.5) is 15.3 Å². The van der Waals surface area contributed by atoms with Crippen molar-refractivity contribution in [2.45, 2.75) is 38.3 Å². The molecule has 1 unspecified atom stereocenters. The lowest BCUT2D eigenvalue weighted by Crippen LogP contribution is -2.47. The van der Waals surface area contributed by atoms with Gasteiger partial charge in [0.2, 0.25) is 11.8 Å². The molecule has 0 saturated heterocycles. The molecule has 0 fully saturated rings. The molecule has 1 aliphatic rings. The summed E-state index contributed by atoms with van der Waals surface area (Å²) in [4.78, 5) is 52.7.